The number of hydrogen-bond acceptors (Lipinski definition) is 1. The molecule has 1 aliphatic rings. The molecule has 1 rings (SSSR count). The molecule has 1 unspecified atom stereocenters. The van der Waals surface area contributed by atoms with E-state index in [2.05, 4.69) is 37.1 Å². The molecule has 0 amide bonds. The molecule has 0 bridgehead atoms. The van der Waals surface area contributed by atoms with Gasteiger partial charge in [0.15, 0.2) is 0 Å². The van der Waals surface area contributed by atoms with E-state index in [1.54, 1.807) is 0 Å². The van der Waals surface area contributed by atoms with Crippen molar-refractivity contribution in [1.82, 2.24) is 4.90 Å². The van der Waals surface area contributed by atoms with Crippen molar-refractivity contribution in [3.63, 3.8) is 0 Å². The average molecular weight is 365 g/mol. The summed E-state index contributed by atoms with van der Waals surface area (Å²) < 4.78 is 0.879. The van der Waals surface area contributed by atoms with Gasteiger partial charge in [-0.15, -0.1) is 0 Å². The summed E-state index contributed by atoms with van der Waals surface area (Å²) >= 11 is 2.76. The standard InChI is InChI=1S/C7H13I2N/c1-6-7(9-8)4-3-5-10(6)2/h7,9H,1,3-5H2,2H3. The van der Waals surface area contributed by atoms with Crippen LogP contribution in [0.15, 0.2) is 12.3 Å². The van der Waals surface area contributed by atoms with Crippen LogP contribution in [0.25, 0.3) is 0 Å². The maximum atomic E-state index is 4.10. The zero-order chi connectivity index (χ0) is 7.56. The fourth-order valence-electron chi connectivity index (χ4n) is 1.17. The Labute approximate surface area is 82.7 Å². The second-order valence-corrected chi connectivity index (χ2v) is 8.18. The minimum atomic E-state index is 0.188. The van der Waals surface area contributed by atoms with Crippen molar-refractivity contribution in [3.05, 3.63) is 12.3 Å². The summed E-state index contributed by atoms with van der Waals surface area (Å²) in [5.74, 6) is 0. The molecule has 1 saturated heterocycles. The Kier molecular flexibility index (Phi) is 3.76. The Hall–Kier alpha value is 1.00. The molecule has 1 aliphatic heterocycles. The van der Waals surface area contributed by atoms with Gasteiger partial charge in [0.1, 0.15) is 0 Å². The second kappa shape index (κ2) is 4.13. The number of hydrogen-bond donors (Lipinski definition) is 0. The summed E-state index contributed by atoms with van der Waals surface area (Å²) in [5.41, 5.74) is 1.39. The third-order valence-electron chi connectivity index (χ3n) is 1.93. The number of piperidine rings is 1. The Morgan fingerprint density at radius 3 is 3.00 bits per heavy atom. The van der Waals surface area contributed by atoms with E-state index in [4.69, 9.17) is 0 Å². The summed E-state index contributed by atoms with van der Waals surface area (Å²) in [6, 6.07) is 0. The van der Waals surface area contributed by atoms with Crippen molar-refractivity contribution in [3.8, 4) is 0 Å². The first kappa shape index (κ1) is 9.09. The fraction of sp³-hybridized carbons (Fsp3) is 0.714. The first-order valence-corrected chi connectivity index (χ1v) is 11.6. The molecular formula is C7H13I2N. The molecule has 0 aliphatic carbocycles. The Balaban J connectivity index is 2.51. The topological polar surface area (TPSA) is 3.24 Å². The van der Waals surface area contributed by atoms with Crippen LogP contribution in [0.2, 0.25) is 0 Å². The van der Waals surface area contributed by atoms with Crippen molar-refractivity contribution >= 4 is 35.8 Å². The third kappa shape index (κ3) is 1.99. The van der Waals surface area contributed by atoms with E-state index in [0.29, 0.717) is 0 Å². The molecule has 0 aromatic carbocycles. The summed E-state index contributed by atoms with van der Waals surface area (Å²) in [6.07, 6.45) is 2.77. The van der Waals surface area contributed by atoms with E-state index in [9.17, 15) is 0 Å². The monoisotopic (exact) mass is 365 g/mol. The maximum absolute atomic E-state index is 4.10. The van der Waals surface area contributed by atoms with Crippen LogP contribution in [0.5, 0.6) is 0 Å². The molecule has 0 radical (unpaired) electrons. The molecule has 0 aromatic rings. The van der Waals surface area contributed by atoms with E-state index in [0.717, 1.165) is 3.92 Å². The molecule has 1 heterocycles. The molecule has 0 spiro atoms. The number of rotatable bonds is 1. The van der Waals surface area contributed by atoms with Gasteiger partial charge in [-0.2, -0.15) is 0 Å². The van der Waals surface area contributed by atoms with Crippen LogP contribution < -0.4 is 0 Å². The van der Waals surface area contributed by atoms with Crippen molar-refractivity contribution < 1.29 is 0 Å². The number of allylic oxidation sites excluding steroid dienone is 1. The van der Waals surface area contributed by atoms with Crippen molar-refractivity contribution in [2.75, 3.05) is 13.6 Å². The summed E-state index contributed by atoms with van der Waals surface area (Å²) in [6.45, 7) is 5.32. The van der Waals surface area contributed by atoms with Crippen molar-refractivity contribution in [1.29, 1.82) is 0 Å². The van der Waals surface area contributed by atoms with Gasteiger partial charge in [0, 0.05) is 0 Å². The molecule has 0 aromatic heterocycles. The first-order chi connectivity index (χ1) is 4.75. The van der Waals surface area contributed by atoms with Gasteiger partial charge in [-0.05, 0) is 0 Å². The van der Waals surface area contributed by atoms with E-state index < -0.39 is 0 Å². The van der Waals surface area contributed by atoms with Crippen LogP contribution in [0, 0.1) is 0 Å². The van der Waals surface area contributed by atoms with E-state index in [1.165, 1.54) is 25.1 Å². The van der Waals surface area contributed by atoms with Gasteiger partial charge in [-0.1, -0.05) is 0 Å². The van der Waals surface area contributed by atoms with Gasteiger partial charge in [0.25, 0.3) is 0 Å². The summed E-state index contributed by atoms with van der Waals surface area (Å²) in [5, 5.41) is 0. The van der Waals surface area contributed by atoms with Crippen LogP contribution in [-0.4, -0.2) is 22.4 Å². The van der Waals surface area contributed by atoms with Gasteiger partial charge in [0.2, 0.25) is 0 Å². The van der Waals surface area contributed by atoms with Gasteiger partial charge >= 0.3 is 83.4 Å². The number of likely N-dealkylation sites (tertiary alicyclic amines) is 1. The minimum absolute atomic E-state index is 0.188. The van der Waals surface area contributed by atoms with Gasteiger partial charge < -0.3 is 0 Å². The molecule has 10 heavy (non-hydrogen) atoms. The summed E-state index contributed by atoms with van der Waals surface area (Å²) in [7, 11) is 2.16. The zero-order valence-corrected chi connectivity index (χ0v) is 10.6. The van der Waals surface area contributed by atoms with Gasteiger partial charge in [-0.25, -0.2) is 0 Å². The Bertz CT molecular complexity index is 136. The first-order valence-electron chi connectivity index (χ1n) is 3.43. The molecule has 60 valence electrons. The number of nitrogens with zero attached hydrogens (tertiary/aromatic N) is 1. The van der Waals surface area contributed by atoms with Crippen molar-refractivity contribution in [2.24, 2.45) is 0 Å². The fourth-order valence-corrected chi connectivity index (χ4v) is 6.38. The van der Waals surface area contributed by atoms with Gasteiger partial charge in [0.05, 0.1) is 0 Å². The predicted molar refractivity (Wildman–Crippen MR) is 64.2 cm³/mol. The molecule has 0 saturated carbocycles. The van der Waals surface area contributed by atoms with Crippen LogP contribution in [0.3, 0.4) is 0 Å². The van der Waals surface area contributed by atoms with Crippen molar-refractivity contribution in [2.45, 2.75) is 16.8 Å². The quantitative estimate of drug-likeness (QED) is 0.510. The molecule has 0 N–H and O–H groups in total. The molecule has 1 nitrogen and oxygen atoms in total. The zero-order valence-electron chi connectivity index (χ0n) is 6.14. The molecule has 1 atom stereocenters. The average Bonchev–Trinajstić information content (AvgIpc) is 1.95. The van der Waals surface area contributed by atoms with Crippen LogP contribution >= 0.6 is 35.8 Å². The third-order valence-corrected chi connectivity index (χ3v) is 8.11. The normalized spacial score (nSPS) is 27.6. The van der Waals surface area contributed by atoms with E-state index in [1.807, 2.05) is 0 Å². The molecular weight excluding hydrogens is 352 g/mol. The van der Waals surface area contributed by atoms with E-state index >= 15 is 0 Å². The predicted octanol–water partition coefficient (Wildman–Crippen LogP) is 2.65. The second-order valence-electron chi connectivity index (χ2n) is 2.63. The van der Waals surface area contributed by atoms with E-state index in [-0.39, 0.29) is 17.2 Å². The van der Waals surface area contributed by atoms with Crippen LogP contribution in [-0.2, 0) is 0 Å². The summed E-state index contributed by atoms with van der Waals surface area (Å²) in [4.78, 5) is 2.32. The number of alkyl halides is 1. The number of halogens is 2. The SMILES string of the molecule is C=C1C([IH]I)CCCN1C. The van der Waals surface area contributed by atoms with Gasteiger partial charge in [-0.3, -0.25) is 0 Å². The Morgan fingerprint density at radius 2 is 2.50 bits per heavy atom. The Morgan fingerprint density at radius 1 is 1.80 bits per heavy atom. The van der Waals surface area contributed by atoms with Crippen LogP contribution in [0.1, 0.15) is 12.8 Å². The molecule has 1 fully saturated rings. The van der Waals surface area contributed by atoms with Crippen LogP contribution in [0.4, 0.5) is 0 Å². The molecule has 3 heteroatoms.